The zero-order valence-electron chi connectivity index (χ0n) is 6.87. The van der Waals surface area contributed by atoms with Gasteiger partial charge < -0.3 is 10.4 Å². The number of hydrogen-bond donors (Lipinski definition) is 2. The number of anilines is 1. The minimum absolute atomic E-state index is 0.0468. The lowest BCUT2D eigenvalue weighted by Crippen LogP contribution is -1.99. The van der Waals surface area contributed by atoms with E-state index < -0.39 is 0 Å². The van der Waals surface area contributed by atoms with E-state index in [0.717, 1.165) is 5.69 Å². The lowest BCUT2D eigenvalue weighted by molar-refractivity contribution is 0.101. The average Bonchev–Trinajstić information content (AvgIpc) is 2.06. The molecule has 1 aromatic carbocycles. The maximum absolute atomic E-state index is 10.8. The van der Waals surface area contributed by atoms with E-state index in [-0.39, 0.29) is 12.5 Å². The summed E-state index contributed by atoms with van der Waals surface area (Å²) in [5.41, 5.74) is 1.49. The molecule has 0 aliphatic heterocycles. The van der Waals surface area contributed by atoms with Gasteiger partial charge in [-0.25, -0.2) is 0 Å². The molecule has 3 nitrogen and oxygen atoms in total. The van der Waals surface area contributed by atoms with Gasteiger partial charge >= 0.3 is 0 Å². The van der Waals surface area contributed by atoms with E-state index in [1.165, 1.54) is 6.92 Å². The third-order valence-electron chi connectivity index (χ3n) is 1.57. The Hall–Kier alpha value is -1.35. The van der Waals surface area contributed by atoms with E-state index in [4.69, 9.17) is 5.11 Å². The monoisotopic (exact) mass is 165 g/mol. The fourth-order valence-electron chi connectivity index (χ4n) is 0.914. The van der Waals surface area contributed by atoms with Crippen LogP contribution in [0.3, 0.4) is 0 Å². The number of ketones is 1. The Morgan fingerprint density at radius 3 is 2.42 bits per heavy atom. The highest BCUT2D eigenvalue weighted by Crippen LogP contribution is 2.08. The van der Waals surface area contributed by atoms with Gasteiger partial charge in [0.1, 0.15) is 6.73 Å². The molecule has 0 saturated carbocycles. The number of benzene rings is 1. The Bertz CT molecular complexity index is 266. The van der Waals surface area contributed by atoms with Gasteiger partial charge in [0.2, 0.25) is 0 Å². The van der Waals surface area contributed by atoms with Gasteiger partial charge in [-0.15, -0.1) is 0 Å². The third kappa shape index (κ3) is 2.07. The SMILES string of the molecule is CC(=O)c1ccc(NCO)cc1. The smallest absolute Gasteiger partial charge is 0.159 e. The van der Waals surface area contributed by atoms with Crippen LogP contribution in [0.4, 0.5) is 5.69 Å². The van der Waals surface area contributed by atoms with Crippen LogP contribution < -0.4 is 5.32 Å². The van der Waals surface area contributed by atoms with Crippen LogP contribution in [0.25, 0.3) is 0 Å². The second-order valence-corrected chi connectivity index (χ2v) is 2.47. The van der Waals surface area contributed by atoms with Crippen LogP contribution in [-0.2, 0) is 0 Å². The van der Waals surface area contributed by atoms with Crippen molar-refractivity contribution in [3.63, 3.8) is 0 Å². The second-order valence-electron chi connectivity index (χ2n) is 2.47. The topological polar surface area (TPSA) is 49.3 Å². The first-order valence-electron chi connectivity index (χ1n) is 3.70. The summed E-state index contributed by atoms with van der Waals surface area (Å²) in [6.45, 7) is 1.42. The number of nitrogens with one attached hydrogen (secondary N) is 1. The maximum atomic E-state index is 10.8. The molecule has 2 N–H and O–H groups in total. The van der Waals surface area contributed by atoms with Crippen LogP contribution in [0, 0.1) is 0 Å². The molecule has 0 unspecified atom stereocenters. The zero-order chi connectivity index (χ0) is 8.97. The van der Waals surface area contributed by atoms with Crippen LogP contribution in [0.5, 0.6) is 0 Å². The van der Waals surface area contributed by atoms with Crippen molar-refractivity contribution in [3.8, 4) is 0 Å². The molecule has 12 heavy (non-hydrogen) atoms. The third-order valence-corrected chi connectivity index (χ3v) is 1.57. The first kappa shape index (κ1) is 8.74. The zero-order valence-corrected chi connectivity index (χ0v) is 6.87. The molecule has 0 fully saturated rings. The number of aliphatic hydroxyl groups excluding tert-OH is 1. The van der Waals surface area contributed by atoms with Crippen molar-refractivity contribution in [2.24, 2.45) is 0 Å². The Morgan fingerprint density at radius 2 is 2.00 bits per heavy atom. The molecule has 0 atom stereocenters. The molecular formula is C9H11NO2. The Labute approximate surface area is 71.0 Å². The maximum Gasteiger partial charge on any atom is 0.159 e. The summed E-state index contributed by atoms with van der Waals surface area (Å²) >= 11 is 0. The van der Waals surface area contributed by atoms with Gasteiger partial charge in [0, 0.05) is 11.3 Å². The van der Waals surface area contributed by atoms with Gasteiger partial charge in [0.05, 0.1) is 0 Å². The molecule has 0 amide bonds. The van der Waals surface area contributed by atoms with Crippen LogP contribution in [-0.4, -0.2) is 17.6 Å². The highest BCUT2D eigenvalue weighted by atomic mass is 16.3. The molecule has 0 aliphatic carbocycles. The van der Waals surface area contributed by atoms with Gasteiger partial charge in [-0.3, -0.25) is 4.79 Å². The van der Waals surface area contributed by atoms with Gasteiger partial charge in [-0.1, -0.05) is 0 Å². The number of carbonyl (C=O) groups is 1. The van der Waals surface area contributed by atoms with Gasteiger partial charge in [-0.05, 0) is 31.2 Å². The molecule has 1 aromatic rings. The molecule has 0 bridgehead atoms. The van der Waals surface area contributed by atoms with E-state index in [9.17, 15) is 4.79 Å². The van der Waals surface area contributed by atoms with Crippen molar-refractivity contribution < 1.29 is 9.90 Å². The molecule has 0 radical (unpaired) electrons. The number of carbonyl (C=O) groups excluding carboxylic acids is 1. The number of aliphatic hydroxyl groups is 1. The van der Waals surface area contributed by atoms with E-state index >= 15 is 0 Å². The standard InChI is InChI=1S/C9H11NO2/c1-7(12)8-2-4-9(5-3-8)10-6-11/h2-5,10-11H,6H2,1H3. The highest BCUT2D eigenvalue weighted by molar-refractivity contribution is 5.94. The minimum atomic E-state index is -0.0978. The molecular weight excluding hydrogens is 154 g/mol. The lowest BCUT2D eigenvalue weighted by atomic mass is 10.1. The van der Waals surface area contributed by atoms with Crippen molar-refractivity contribution in [3.05, 3.63) is 29.8 Å². The second kappa shape index (κ2) is 3.88. The fourth-order valence-corrected chi connectivity index (χ4v) is 0.914. The van der Waals surface area contributed by atoms with Crippen molar-refractivity contribution in [2.45, 2.75) is 6.92 Å². The quantitative estimate of drug-likeness (QED) is 0.523. The van der Waals surface area contributed by atoms with Crippen LogP contribution >= 0.6 is 0 Å². The fraction of sp³-hybridized carbons (Fsp3) is 0.222. The summed E-state index contributed by atoms with van der Waals surface area (Å²) < 4.78 is 0. The lowest BCUT2D eigenvalue weighted by Gasteiger charge is -2.01. The Kier molecular flexibility index (Phi) is 2.82. The molecule has 3 heteroatoms. The first-order chi connectivity index (χ1) is 5.74. The van der Waals surface area contributed by atoms with Crippen molar-refractivity contribution >= 4 is 11.5 Å². The number of Topliss-reactive ketones (excluding diaryl/α,β-unsaturated/α-hetero) is 1. The Morgan fingerprint density at radius 1 is 1.42 bits per heavy atom. The molecule has 0 spiro atoms. The summed E-state index contributed by atoms with van der Waals surface area (Å²) in [6.07, 6.45) is 0. The predicted molar refractivity (Wildman–Crippen MR) is 47.2 cm³/mol. The Balaban J connectivity index is 2.78. The van der Waals surface area contributed by atoms with Gasteiger partial charge in [-0.2, -0.15) is 0 Å². The van der Waals surface area contributed by atoms with E-state index in [1.54, 1.807) is 24.3 Å². The molecule has 64 valence electrons. The van der Waals surface area contributed by atoms with Crippen LogP contribution in [0.2, 0.25) is 0 Å². The van der Waals surface area contributed by atoms with Crippen molar-refractivity contribution in [1.82, 2.24) is 0 Å². The van der Waals surface area contributed by atoms with Crippen molar-refractivity contribution in [1.29, 1.82) is 0 Å². The van der Waals surface area contributed by atoms with Crippen LogP contribution in [0.1, 0.15) is 17.3 Å². The van der Waals surface area contributed by atoms with Gasteiger partial charge in [0.15, 0.2) is 5.78 Å². The number of hydrogen-bond acceptors (Lipinski definition) is 3. The van der Waals surface area contributed by atoms with Gasteiger partial charge in [0.25, 0.3) is 0 Å². The van der Waals surface area contributed by atoms with Crippen molar-refractivity contribution in [2.75, 3.05) is 12.0 Å². The summed E-state index contributed by atoms with van der Waals surface area (Å²) in [4.78, 5) is 10.8. The molecule has 0 heterocycles. The summed E-state index contributed by atoms with van der Waals surface area (Å²) in [5.74, 6) is 0.0468. The van der Waals surface area contributed by atoms with Crippen LogP contribution in [0.15, 0.2) is 24.3 Å². The molecule has 0 aliphatic rings. The first-order valence-corrected chi connectivity index (χ1v) is 3.70. The predicted octanol–water partition coefficient (Wildman–Crippen LogP) is 1.25. The summed E-state index contributed by atoms with van der Waals surface area (Å²) in [5, 5.41) is 11.2. The molecule has 1 rings (SSSR count). The van der Waals surface area contributed by atoms with E-state index in [2.05, 4.69) is 5.32 Å². The largest absolute Gasteiger partial charge is 0.377 e. The van der Waals surface area contributed by atoms with E-state index in [0.29, 0.717) is 5.56 Å². The summed E-state index contributed by atoms with van der Waals surface area (Å²) in [7, 11) is 0. The molecule has 0 aromatic heterocycles. The minimum Gasteiger partial charge on any atom is -0.377 e. The normalized spacial score (nSPS) is 9.50. The molecule has 0 saturated heterocycles. The average molecular weight is 165 g/mol. The van der Waals surface area contributed by atoms with E-state index in [1.807, 2.05) is 0 Å². The highest BCUT2D eigenvalue weighted by Gasteiger charge is 1.97. The number of rotatable bonds is 3. The summed E-state index contributed by atoms with van der Waals surface area (Å²) in [6, 6.07) is 6.96.